The number of aryl methyl sites for hydroxylation is 1. The fourth-order valence-corrected chi connectivity index (χ4v) is 4.96. The number of aromatic nitrogens is 3. The average molecular weight is 550 g/mol. The molecule has 2 aromatic heterocycles. The predicted octanol–water partition coefficient (Wildman–Crippen LogP) is 6.41. The number of amides is 1. The van der Waals surface area contributed by atoms with Crippen molar-refractivity contribution in [2.75, 3.05) is 11.9 Å². The monoisotopic (exact) mass is 549 g/mol. The van der Waals surface area contributed by atoms with Gasteiger partial charge in [-0.15, -0.1) is 0 Å². The number of halogens is 7. The molecule has 0 aliphatic heterocycles. The third-order valence-corrected chi connectivity index (χ3v) is 7.11. The van der Waals surface area contributed by atoms with Gasteiger partial charge in [0.15, 0.2) is 0 Å². The molecule has 1 N–H and O–H groups in total. The molecule has 1 aliphatic rings. The van der Waals surface area contributed by atoms with E-state index in [9.17, 15) is 26.7 Å². The van der Waals surface area contributed by atoms with Crippen molar-refractivity contribution >= 4 is 45.7 Å². The number of hydrogen-bond acceptors (Lipinski definition) is 4. The maximum absolute atomic E-state index is 13.5. The van der Waals surface area contributed by atoms with Crippen molar-refractivity contribution in [3.8, 4) is 0 Å². The van der Waals surface area contributed by atoms with E-state index in [4.69, 9.17) is 23.2 Å². The van der Waals surface area contributed by atoms with Crippen molar-refractivity contribution in [2.45, 2.75) is 50.4 Å². The Balaban J connectivity index is 1.50. The van der Waals surface area contributed by atoms with Crippen LogP contribution in [0.4, 0.5) is 27.6 Å². The molecule has 1 aromatic carbocycles. The highest BCUT2D eigenvalue weighted by Gasteiger charge is 2.35. The molecule has 4 rings (SSSR count). The average Bonchev–Trinajstić information content (AvgIpc) is 3.12. The zero-order valence-electron chi connectivity index (χ0n) is 19.2. The van der Waals surface area contributed by atoms with Crippen molar-refractivity contribution < 1.29 is 26.7 Å². The molecule has 1 amide bonds. The van der Waals surface area contributed by atoms with E-state index in [1.807, 2.05) is 0 Å². The van der Waals surface area contributed by atoms with Crippen LogP contribution in [0, 0.1) is 0 Å². The van der Waals surface area contributed by atoms with Crippen LogP contribution in [0.2, 0.25) is 10.2 Å². The lowest BCUT2D eigenvalue weighted by atomic mass is 9.89. The molecule has 1 aliphatic carbocycles. The van der Waals surface area contributed by atoms with E-state index >= 15 is 0 Å². The summed E-state index contributed by atoms with van der Waals surface area (Å²) in [6.45, 7) is 0. The minimum atomic E-state index is -4.62. The maximum Gasteiger partial charge on any atom is 0.433 e. The van der Waals surface area contributed by atoms with Gasteiger partial charge in [-0.1, -0.05) is 23.2 Å². The third kappa shape index (κ3) is 5.22. The summed E-state index contributed by atoms with van der Waals surface area (Å²) in [6, 6.07) is 5.11. The molecular weight excluding hydrogens is 528 g/mol. The van der Waals surface area contributed by atoms with Crippen molar-refractivity contribution in [3.63, 3.8) is 0 Å². The standard InChI is InChI=1S/C23H22Cl2F5N5O/c1-34(16-10-17(23(28,29)30)32-15-8-3-11(24)9-14(15)16)13-6-4-12(5-7-13)31-22(36)18-19(21(26)27)33-35(2)20(18)25/h3,8-10,12-13,21H,4-7H2,1-2H3,(H,31,36)/t12-,13+. The number of pyridine rings is 1. The van der Waals surface area contributed by atoms with E-state index < -0.39 is 29.9 Å². The van der Waals surface area contributed by atoms with Crippen LogP contribution in [0.5, 0.6) is 0 Å². The van der Waals surface area contributed by atoms with Crippen molar-refractivity contribution in [1.29, 1.82) is 0 Å². The predicted molar refractivity (Wildman–Crippen MR) is 127 cm³/mol. The molecular formula is C23H22Cl2F5N5O. The number of benzene rings is 1. The Labute approximate surface area is 213 Å². The Morgan fingerprint density at radius 2 is 1.83 bits per heavy atom. The van der Waals surface area contributed by atoms with Crippen LogP contribution in [0.3, 0.4) is 0 Å². The van der Waals surface area contributed by atoms with Crippen molar-refractivity contribution in [2.24, 2.45) is 7.05 Å². The summed E-state index contributed by atoms with van der Waals surface area (Å²) < 4.78 is 68.1. The Morgan fingerprint density at radius 1 is 1.17 bits per heavy atom. The molecule has 0 unspecified atom stereocenters. The summed E-state index contributed by atoms with van der Waals surface area (Å²) >= 11 is 12.1. The van der Waals surface area contributed by atoms with Gasteiger partial charge in [-0.3, -0.25) is 9.48 Å². The second-order valence-corrected chi connectivity index (χ2v) is 9.55. The molecule has 1 fully saturated rings. The maximum atomic E-state index is 13.5. The molecule has 6 nitrogen and oxygen atoms in total. The first kappa shape index (κ1) is 26.4. The highest BCUT2D eigenvalue weighted by atomic mass is 35.5. The SMILES string of the molecule is Cn1nc(C(F)F)c(C(=O)N[C@H]2CC[C@@H](N(C)c3cc(C(F)(F)F)nc4ccc(Cl)cc34)CC2)c1Cl. The summed E-state index contributed by atoms with van der Waals surface area (Å²) in [6.07, 6.45) is -5.47. The topological polar surface area (TPSA) is 63.1 Å². The van der Waals surface area contributed by atoms with E-state index in [0.29, 0.717) is 41.8 Å². The number of alkyl halides is 5. The minimum absolute atomic E-state index is 0.123. The highest BCUT2D eigenvalue weighted by Crippen LogP contribution is 2.37. The fourth-order valence-electron chi connectivity index (χ4n) is 4.56. The van der Waals surface area contributed by atoms with E-state index in [1.165, 1.54) is 19.2 Å². The van der Waals surface area contributed by atoms with Crippen LogP contribution in [-0.4, -0.2) is 39.8 Å². The number of carbonyl (C=O) groups excluding carboxylic acids is 1. The van der Waals surface area contributed by atoms with E-state index in [-0.39, 0.29) is 28.3 Å². The van der Waals surface area contributed by atoms with Crippen molar-refractivity contribution in [1.82, 2.24) is 20.1 Å². The highest BCUT2D eigenvalue weighted by molar-refractivity contribution is 6.33. The molecule has 0 spiro atoms. The summed E-state index contributed by atoms with van der Waals surface area (Å²) in [5, 5.41) is 7.06. The zero-order valence-corrected chi connectivity index (χ0v) is 20.7. The van der Waals surface area contributed by atoms with Crippen LogP contribution < -0.4 is 10.2 Å². The molecule has 13 heteroatoms. The number of anilines is 1. The molecule has 0 atom stereocenters. The quantitative estimate of drug-likeness (QED) is 0.373. The van der Waals surface area contributed by atoms with Crippen LogP contribution in [0.1, 0.15) is 53.9 Å². The molecule has 194 valence electrons. The number of hydrogen-bond donors (Lipinski definition) is 1. The number of carbonyl (C=O) groups is 1. The molecule has 0 bridgehead atoms. The molecule has 0 saturated heterocycles. The lowest BCUT2D eigenvalue weighted by molar-refractivity contribution is -0.140. The molecule has 3 aromatic rings. The van der Waals surface area contributed by atoms with Crippen LogP contribution in [0.15, 0.2) is 24.3 Å². The number of nitrogens with one attached hydrogen (secondary N) is 1. The van der Waals surface area contributed by atoms with E-state index in [2.05, 4.69) is 15.4 Å². The number of fused-ring (bicyclic) bond motifs is 1. The molecule has 1 saturated carbocycles. The summed E-state index contributed by atoms with van der Waals surface area (Å²) in [7, 11) is 3.08. The Bertz CT molecular complexity index is 1290. The van der Waals surface area contributed by atoms with Gasteiger partial charge >= 0.3 is 6.18 Å². The van der Waals surface area contributed by atoms with Crippen LogP contribution in [0.25, 0.3) is 10.9 Å². The second-order valence-electron chi connectivity index (χ2n) is 8.75. The van der Waals surface area contributed by atoms with Gasteiger partial charge in [0, 0.05) is 42.3 Å². The Kier molecular flexibility index (Phi) is 7.34. The number of nitrogens with zero attached hydrogens (tertiary/aromatic N) is 4. The van der Waals surface area contributed by atoms with Gasteiger partial charge in [-0.25, -0.2) is 13.8 Å². The molecule has 0 radical (unpaired) electrons. The Morgan fingerprint density at radius 3 is 2.44 bits per heavy atom. The first-order valence-corrected chi connectivity index (χ1v) is 11.8. The minimum Gasteiger partial charge on any atom is -0.371 e. The zero-order chi connectivity index (χ0) is 26.4. The van der Waals surface area contributed by atoms with Crippen LogP contribution in [-0.2, 0) is 13.2 Å². The first-order valence-electron chi connectivity index (χ1n) is 11.1. The largest absolute Gasteiger partial charge is 0.433 e. The van der Waals surface area contributed by atoms with Gasteiger partial charge in [0.25, 0.3) is 12.3 Å². The first-order chi connectivity index (χ1) is 16.9. The van der Waals surface area contributed by atoms with Crippen molar-refractivity contribution in [3.05, 3.63) is 51.4 Å². The van der Waals surface area contributed by atoms with Gasteiger partial charge in [0.2, 0.25) is 0 Å². The second kappa shape index (κ2) is 10.0. The normalized spacial score (nSPS) is 18.6. The van der Waals surface area contributed by atoms with Gasteiger partial charge in [-0.2, -0.15) is 18.3 Å². The van der Waals surface area contributed by atoms with Crippen LogP contribution >= 0.6 is 23.2 Å². The van der Waals surface area contributed by atoms with Gasteiger partial charge in [0.1, 0.15) is 22.1 Å². The lowest BCUT2D eigenvalue weighted by Crippen LogP contribution is -2.43. The smallest absolute Gasteiger partial charge is 0.371 e. The summed E-state index contributed by atoms with van der Waals surface area (Å²) in [4.78, 5) is 18.2. The van der Waals surface area contributed by atoms with Gasteiger partial charge in [-0.05, 0) is 49.9 Å². The summed E-state index contributed by atoms with van der Waals surface area (Å²) in [5.41, 5.74) is -1.50. The summed E-state index contributed by atoms with van der Waals surface area (Å²) in [5.74, 6) is -0.732. The van der Waals surface area contributed by atoms with E-state index in [0.717, 1.165) is 10.7 Å². The van der Waals surface area contributed by atoms with Gasteiger partial charge < -0.3 is 10.2 Å². The van der Waals surface area contributed by atoms with Gasteiger partial charge in [0.05, 0.1) is 5.52 Å². The molecule has 2 heterocycles. The fraction of sp³-hybridized carbons (Fsp3) is 0.435. The van der Waals surface area contributed by atoms with E-state index in [1.54, 1.807) is 18.0 Å². The number of rotatable bonds is 5. The molecule has 36 heavy (non-hydrogen) atoms. The third-order valence-electron chi connectivity index (χ3n) is 6.44. The Hall–Kier alpha value is -2.66. The lowest BCUT2D eigenvalue weighted by Gasteiger charge is -2.37.